The molecule has 0 spiro atoms. The zero-order valence-electron chi connectivity index (χ0n) is 20.5. The lowest BCUT2D eigenvalue weighted by Gasteiger charge is -2.14. The zero-order chi connectivity index (χ0) is 27.8. The van der Waals surface area contributed by atoms with Gasteiger partial charge in [0.15, 0.2) is 11.5 Å². The molecule has 0 amide bonds. The topological polar surface area (TPSA) is 71.1 Å². The van der Waals surface area contributed by atoms with Crippen molar-refractivity contribution in [2.24, 2.45) is 0 Å². The lowest BCUT2D eigenvalue weighted by atomic mass is 10.0. The fraction of sp³-hybridized carbons (Fsp3) is 0.143. The van der Waals surface area contributed by atoms with E-state index >= 15 is 0 Å². The molecule has 38 heavy (non-hydrogen) atoms. The van der Waals surface area contributed by atoms with Gasteiger partial charge in [0.2, 0.25) is 0 Å². The number of alkyl halides is 3. The second-order valence-electron chi connectivity index (χ2n) is 8.31. The Hall–Kier alpha value is -4.31. The highest BCUT2D eigenvalue weighted by molar-refractivity contribution is 7.26. The number of carbonyl (C=O) groups excluding carboxylic acids is 2. The zero-order valence-corrected chi connectivity index (χ0v) is 21.3. The van der Waals surface area contributed by atoms with Gasteiger partial charge in [-0.1, -0.05) is 31.4 Å². The molecule has 0 atom stereocenters. The van der Waals surface area contributed by atoms with Crippen molar-refractivity contribution in [1.29, 1.82) is 0 Å². The van der Waals surface area contributed by atoms with Crippen molar-refractivity contribution >= 4 is 43.4 Å². The van der Waals surface area contributed by atoms with Gasteiger partial charge in [-0.3, -0.25) is 0 Å². The van der Waals surface area contributed by atoms with Crippen LogP contribution in [0.5, 0.6) is 23.0 Å². The van der Waals surface area contributed by atoms with E-state index < -0.39 is 24.1 Å². The molecule has 0 bridgehead atoms. The number of methoxy groups -OCH3 is 1. The highest BCUT2D eigenvalue weighted by Crippen LogP contribution is 2.50. The van der Waals surface area contributed by atoms with Crippen LogP contribution in [0.25, 0.3) is 31.3 Å². The third-order valence-electron chi connectivity index (χ3n) is 5.38. The number of halogens is 3. The Morgan fingerprint density at radius 3 is 1.89 bits per heavy atom. The SMILES string of the molecule is C=C(C)C(=O)Oc1ccc(-c2ccc3c(sc4c(OC(F)(F)F)c(OC(=O)C(=C)C)ccc43)c2OC)cc1. The number of esters is 2. The van der Waals surface area contributed by atoms with Crippen molar-refractivity contribution in [2.45, 2.75) is 20.2 Å². The van der Waals surface area contributed by atoms with E-state index in [1.165, 1.54) is 20.1 Å². The van der Waals surface area contributed by atoms with Crippen molar-refractivity contribution in [1.82, 2.24) is 0 Å². The fourth-order valence-electron chi connectivity index (χ4n) is 3.64. The van der Waals surface area contributed by atoms with E-state index in [4.69, 9.17) is 14.2 Å². The number of carbonyl (C=O) groups is 2. The molecule has 0 aliphatic rings. The van der Waals surface area contributed by atoms with Crippen LogP contribution in [0.1, 0.15) is 13.8 Å². The van der Waals surface area contributed by atoms with Crippen LogP contribution in [-0.4, -0.2) is 25.4 Å². The first-order valence-corrected chi connectivity index (χ1v) is 11.9. The van der Waals surface area contributed by atoms with Gasteiger partial charge in [-0.25, -0.2) is 9.59 Å². The van der Waals surface area contributed by atoms with Crippen molar-refractivity contribution in [3.63, 3.8) is 0 Å². The summed E-state index contributed by atoms with van der Waals surface area (Å²) in [6.07, 6.45) is -5.03. The summed E-state index contributed by atoms with van der Waals surface area (Å²) in [7, 11) is 1.46. The van der Waals surface area contributed by atoms with E-state index in [0.29, 0.717) is 32.5 Å². The third kappa shape index (κ3) is 5.35. The van der Waals surface area contributed by atoms with E-state index in [2.05, 4.69) is 17.9 Å². The average Bonchev–Trinajstić information content (AvgIpc) is 3.23. The quantitative estimate of drug-likeness (QED) is 0.136. The first kappa shape index (κ1) is 26.7. The van der Waals surface area contributed by atoms with Crippen LogP contribution in [0, 0.1) is 0 Å². The Bertz CT molecular complexity index is 1600. The van der Waals surface area contributed by atoms with Crippen LogP contribution < -0.4 is 18.9 Å². The Labute approximate surface area is 219 Å². The molecule has 0 aliphatic heterocycles. The maximum atomic E-state index is 13.4. The molecule has 6 nitrogen and oxygen atoms in total. The number of ether oxygens (including phenoxy) is 4. The molecule has 0 radical (unpaired) electrons. The standard InChI is InChI=1S/C28H21F3O6S/c1-14(2)26(32)35-17-8-6-16(7-9-17)18-10-11-19-20-12-13-21(36-27(33)15(3)4)23(37-28(29,30)31)25(20)38-24(19)22(18)34-5/h6-13H,1,3H2,2,4-5H3. The maximum Gasteiger partial charge on any atom is 0.573 e. The molecule has 4 aromatic rings. The second-order valence-corrected chi connectivity index (χ2v) is 9.33. The molecule has 10 heteroatoms. The number of thiophene rings is 1. The summed E-state index contributed by atoms with van der Waals surface area (Å²) in [4.78, 5) is 23.8. The van der Waals surface area contributed by atoms with Crippen LogP contribution in [0.2, 0.25) is 0 Å². The molecular weight excluding hydrogens is 521 g/mol. The van der Waals surface area contributed by atoms with Crippen molar-refractivity contribution in [2.75, 3.05) is 7.11 Å². The maximum absolute atomic E-state index is 13.4. The summed E-state index contributed by atoms with van der Waals surface area (Å²) in [5, 5.41) is 1.09. The predicted octanol–water partition coefficient (Wildman–Crippen LogP) is 7.59. The lowest BCUT2D eigenvalue weighted by Crippen LogP contribution is -2.18. The number of fused-ring (bicyclic) bond motifs is 3. The first-order valence-electron chi connectivity index (χ1n) is 11.1. The van der Waals surface area contributed by atoms with Crippen LogP contribution in [-0.2, 0) is 9.59 Å². The van der Waals surface area contributed by atoms with Gasteiger partial charge in [-0.15, -0.1) is 24.5 Å². The van der Waals surface area contributed by atoms with Gasteiger partial charge in [0.1, 0.15) is 11.5 Å². The number of hydrogen-bond acceptors (Lipinski definition) is 7. The fourth-order valence-corrected chi connectivity index (χ4v) is 4.94. The molecule has 0 N–H and O–H groups in total. The molecule has 0 saturated heterocycles. The van der Waals surface area contributed by atoms with Crippen LogP contribution in [0.3, 0.4) is 0 Å². The van der Waals surface area contributed by atoms with Gasteiger partial charge < -0.3 is 18.9 Å². The smallest absolute Gasteiger partial charge is 0.495 e. The van der Waals surface area contributed by atoms with Gasteiger partial charge in [0.25, 0.3) is 0 Å². The molecule has 1 aromatic heterocycles. The molecule has 0 saturated carbocycles. The van der Waals surface area contributed by atoms with E-state index in [9.17, 15) is 22.8 Å². The van der Waals surface area contributed by atoms with Crippen molar-refractivity contribution in [3.05, 3.63) is 72.8 Å². The van der Waals surface area contributed by atoms with Crippen LogP contribution in [0.15, 0.2) is 72.8 Å². The molecule has 4 rings (SSSR count). The van der Waals surface area contributed by atoms with E-state index in [1.54, 1.807) is 49.4 Å². The molecular formula is C28H21F3O6S. The van der Waals surface area contributed by atoms with Gasteiger partial charge in [0.05, 0.1) is 16.5 Å². The summed E-state index contributed by atoms with van der Waals surface area (Å²) in [6.45, 7) is 9.93. The predicted molar refractivity (Wildman–Crippen MR) is 139 cm³/mol. The number of benzene rings is 3. The minimum absolute atomic E-state index is 0.0196. The number of rotatable bonds is 7. The van der Waals surface area contributed by atoms with Gasteiger partial charge in [-0.2, -0.15) is 0 Å². The highest BCUT2D eigenvalue weighted by atomic mass is 32.1. The lowest BCUT2D eigenvalue weighted by molar-refractivity contribution is -0.274. The normalized spacial score (nSPS) is 11.3. The largest absolute Gasteiger partial charge is 0.573 e. The minimum atomic E-state index is -5.03. The summed E-state index contributed by atoms with van der Waals surface area (Å²) >= 11 is 1.01. The molecule has 196 valence electrons. The summed E-state index contributed by atoms with van der Waals surface area (Å²) in [5.41, 5.74) is 1.67. The van der Waals surface area contributed by atoms with E-state index in [-0.39, 0.29) is 21.6 Å². The highest BCUT2D eigenvalue weighted by Gasteiger charge is 2.35. The van der Waals surface area contributed by atoms with E-state index in [0.717, 1.165) is 16.9 Å². The van der Waals surface area contributed by atoms with Crippen molar-refractivity contribution in [3.8, 4) is 34.1 Å². The first-order chi connectivity index (χ1) is 17.9. The van der Waals surface area contributed by atoms with Crippen LogP contribution in [0.4, 0.5) is 13.2 Å². The van der Waals surface area contributed by atoms with E-state index in [1.807, 2.05) is 0 Å². The van der Waals surface area contributed by atoms with Gasteiger partial charge in [-0.05, 0) is 49.7 Å². The average molecular weight is 543 g/mol. The number of hydrogen-bond donors (Lipinski definition) is 0. The van der Waals surface area contributed by atoms with Crippen LogP contribution >= 0.6 is 11.3 Å². The molecule has 1 heterocycles. The minimum Gasteiger partial charge on any atom is -0.495 e. The van der Waals surface area contributed by atoms with Crippen molar-refractivity contribution < 1.29 is 41.7 Å². The Kier molecular flexibility index (Phi) is 7.19. The molecule has 3 aromatic carbocycles. The monoisotopic (exact) mass is 542 g/mol. The molecule has 0 aliphatic carbocycles. The Morgan fingerprint density at radius 2 is 1.34 bits per heavy atom. The summed E-state index contributed by atoms with van der Waals surface area (Å²) < 4.78 is 61.1. The Balaban J connectivity index is 1.86. The van der Waals surface area contributed by atoms with Gasteiger partial charge in [0, 0.05) is 27.5 Å². The second kappa shape index (κ2) is 10.2. The molecule has 0 fully saturated rings. The summed E-state index contributed by atoms with van der Waals surface area (Å²) in [6, 6.07) is 13.0. The third-order valence-corrected chi connectivity index (χ3v) is 6.60. The molecule has 0 unspecified atom stereocenters. The summed E-state index contributed by atoms with van der Waals surface area (Å²) in [5.74, 6) is -1.68. The van der Waals surface area contributed by atoms with Gasteiger partial charge >= 0.3 is 18.3 Å². The Morgan fingerprint density at radius 1 is 0.789 bits per heavy atom.